The van der Waals surface area contributed by atoms with E-state index in [4.69, 9.17) is 29.6 Å². The minimum atomic E-state index is 0.595. The topological polar surface area (TPSA) is 38.0 Å². The molecule has 0 amide bonds. The smallest absolute Gasteiger partial charge is 0.108 e. The molecule has 0 saturated heterocycles. The van der Waals surface area contributed by atoms with Crippen molar-refractivity contribution in [2.75, 3.05) is 12.3 Å². The number of nitrogens with two attached hydrogens (primary N) is 1. The fraction of sp³-hybridized carbons (Fsp3) is 0.182. The van der Waals surface area contributed by atoms with Crippen molar-refractivity contribution < 1.29 is 0 Å². The van der Waals surface area contributed by atoms with Crippen molar-refractivity contribution in [1.82, 2.24) is 5.32 Å². The largest absolute Gasteiger partial charge is 0.398 e. The molecule has 2 nitrogen and oxygen atoms in total. The van der Waals surface area contributed by atoms with Crippen LogP contribution < -0.4 is 11.1 Å². The maximum absolute atomic E-state index is 5.94. The lowest BCUT2D eigenvalue weighted by Crippen LogP contribution is -2.23. The second-order valence-corrected chi connectivity index (χ2v) is 4.03. The highest BCUT2D eigenvalue weighted by Crippen LogP contribution is 2.22. The van der Waals surface area contributed by atoms with Gasteiger partial charge >= 0.3 is 0 Å². The number of benzene rings is 1. The van der Waals surface area contributed by atoms with Crippen molar-refractivity contribution in [2.24, 2.45) is 0 Å². The second-order valence-electron chi connectivity index (χ2n) is 3.18. The predicted octanol–water partition coefficient (Wildman–Crippen LogP) is 2.68. The van der Waals surface area contributed by atoms with E-state index in [-0.39, 0.29) is 0 Å². The van der Waals surface area contributed by atoms with Gasteiger partial charge in [0, 0.05) is 22.8 Å². The van der Waals surface area contributed by atoms with E-state index in [0.29, 0.717) is 22.2 Å². The van der Waals surface area contributed by atoms with Crippen molar-refractivity contribution in [3.05, 3.63) is 40.9 Å². The van der Waals surface area contributed by atoms with Gasteiger partial charge < -0.3 is 11.1 Å². The third-order valence-electron chi connectivity index (χ3n) is 2.00. The summed E-state index contributed by atoms with van der Waals surface area (Å²) in [5.74, 6) is 0. The van der Waals surface area contributed by atoms with Crippen LogP contribution in [0.1, 0.15) is 11.1 Å². The summed E-state index contributed by atoms with van der Waals surface area (Å²) >= 11 is 11.1. The van der Waals surface area contributed by atoms with Gasteiger partial charge in [-0.1, -0.05) is 29.9 Å². The molecule has 0 aliphatic carbocycles. The van der Waals surface area contributed by atoms with E-state index in [2.05, 4.69) is 11.9 Å². The number of halogens is 1. The molecule has 0 bridgehead atoms. The summed E-state index contributed by atoms with van der Waals surface area (Å²) in [4.78, 5) is 0.595. The summed E-state index contributed by atoms with van der Waals surface area (Å²) in [6.45, 7) is 6.12. The molecule has 0 radical (unpaired) electrons. The van der Waals surface area contributed by atoms with Crippen molar-refractivity contribution in [1.29, 1.82) is 0 Å². The van der Waals surface area contributed by atoms with Crippen LogP contribution in [0.25, 0.3) is 0 Å². The average molecular weight is 241 g/mol. The summed E-state index contributed by atoms with van der Waals surface area (Å²) in [5.41, 5.74) is 8.29. The molecule has 1 rings (SSSR count). The maximum Gasteiger partial charge on any atom is 0.108 e. The molecule has 0 saturated carbocycles. The van der Waals surface area contributed by atoms with Crippen molar-refractivity contribution >= 4 is 34.5 Å². The standard InChI is InChI=1S/C11H13ClN2S/c1-3-4-14-11(15)9-6-8(12)5-7(2)10(9)13/h3,5-6H,1,4,13H2,2H3,(H,14,15). The Kier molecular flexibility index (Phi) is 4.12. The normalized spacial score (nSPS) is 9.73. The van der Waals surface area contributed by atoms with Gasteiger partial charge in [-0.25, -0.2) is 0 Å². The molecule has 0 fully saturated rings. The van der Waals surface area contributed by atoms with Gasteiger partial charge in [0.05, 0.1) is 0 Å². The molecule has 0 aromatic heterocycles. The first-order valence-corrected chi connectivity index (χ1v) is 5.29. The van der Waals surface area contributed by atoms with Crippen molar-refractivity contribution in [3.8, 4) is 0 Å². The summed E-state index contributed by atoms with van der Waals surface area (Å²) in [5, 5.41) is 3.66. The Balaban J connectivity index is 3.02. The van der Waals surface area contributed by atoms with Crippen LogP contribution in [-0.2, 0) is 0 Å². The van der Waals surface area contributed by atoms with Gasteiger partial charge in [-0.05, 0) is 24.6 Å². The Morgan fingerprint density at radius 1 is 1.67 bits per heavy atom. The van der Waals surface area contributed by atoms with E-state index in [1.165, 1.54) is 0 Å². The minimum absolute atomic E-state index is 0.595. The monoisotopic (exact) mass is 240 g/mol. The van der Waals surface area contributed by atoms with Crippen molar-refractivity contribution in [2.45, 2.75) is 6.92 Å². The number of thiocarbonyl (C=S) groups is 1. The van der Waals surface area contributed by atoms with Crippen LogP contribution in [0.3, 0.4) is 0 Å². The summed E-state index contributed by atoms with van der Waals surface area (Å²) in [6, 6.07) is 3.58. The Hall–Kier alpha value is -1.06. The van der Waals surface area contributed by atoms with Crippen LogP contribution in [0.15, 0.2) is 24.8 Å². The van der Waals surface area contributed by atoms with E-state index < -0.39 is 0 Å². The third-order valence-corrected chi connectivity index (χ3v) is 2.59. The average Bonchev–Trinajstić information content (AvgIpc) is 2.19. The summed E-state index contributed by atoms with van der Waals surface area (Å²) < 4.78 is 0. The Morgan fingerprint density at radius 2 is 2.33 bits per heavy atom. The molecule has 0 spiro atoms. The highest BCUT2D eigenvalue weighted by atomic mass is 35.5. The number of nitrogens with one attached hydrogen (secondary N) is 1. The molecule has 0 aliphatic rings. The quantitative estimate of drug-likeness (QED) is 0.485. The lowest BCUT2D eigenvalue weighted by atomic mass is 10.1. The van der Waals surface area contributed by atoms with Crippen LogP contribution in [0.2, 0.25) is 5.02 Å². The highest BCUT2D eigenvalue weighted by molar-refractivity contribution is 7.80. The van der Waals surface area contributed by atoms with Gasteiger partial charge in [0.2, 0.25) is 0 Å². The molecule has 4 heteroatoms. The van der Waals surface area contributed by atoms with Crippen LogP contribution in [-0.4, -0.2) is 11.5 Å². The van der Waals surface area contributed by atoms with E-state index in [9.17, 15) is 0 Å². The highest BCUT2D eigenvalue weighted by Gasteiger charge is 2.08. The van der Waals surface area contributed by atoms with Crippen molar-refractivity contribution in [3.63, 3.8) is 0 Å². The fourth-order valence-corrected chi connectivity index (χ4v) is 1.73. The number of rotatable bonds is 3. The molecule has 3 N–H and O–H groups in total. The second kappa shape index (κ2) is 5.14. The molecular formula is C11H13ClN2S. The number of hydrogen-bond donors (Lipinski definition) is 2. The molecule has 0 unspecified atom stereocenters. The molecule has 1 aromatic rings. The zero-order chi connectivity index (χ0) is 11.4. The first-order valence-electron chi connectivity index (χ1n) is 4.51. The Bertz CT molecular complexity index is 402. The van der Waals surface area contributed by atoms with Gasteiger partial charge in [-0.2, -0.15) is 0 Å². The van der Waals surface area contributed by atoms with E-state index in [1.807, 2.05) is 13.0 Å². The molecule has 0 heterocycles. The molecular weight excluding hydrogens is 228 g/mol. The van der Waals surface area contributed by atoms with E-state index in [1.54, 1.807) is 12.1 Å². The van der Waals surface area contributed by atoms with Crippen LogP contribution in [0.5, 0.6) is 0 Å². The third kappa shape index (κ3) is 2.94. The fourth-order valence-electron chi connectivity index (χ4n) is 1.20. The number of hydrogen-bond acceptors (Lipinski definition) is 2. The summed E-state index contributed by atoms with van der Waals surface area (Å²) in [7, 11) is 0. The number of anilines is 1. The molecule has 15 heavy (non-hydrogen) atoms. The van der Waals surface area contributed by atoms with E-state index in [0.717, 1.165) is 11.1 Å². The summed E-state index contributed by atoms with van der Waals surface area (Å²) in [6.07, 6.45) is 1.74. The Morgan fingerprint density at radius 3 is 2.93 bits per heavy atom. The number of nitrogen functional groups attached to an aromatic ring is 1. The minimum Gasteiger partial charge on any atom is -0.398 e. The zero-order valence-corrected chi connectivity index (χ0v) is 10.1. The van der Waals surface area contributed by atoms with Gasteiger partial charge in [0.25, 0.3) is 0 Å². The van der Waals surface area contributed by atoms with Gasteiger partial charge in [0.1, 0.15) is 4.99 Å². The molecule has 80 valence electrons. The molecule has 0 aliphatic heterocycles. The predicted molar refractivity (Wildman–Crippen MR) is 70.5 cm³/mol. The van der Waals surface area contributed by atoms with Gasteiger partial charge in [-0.15, -0.1) is 6.58 Å². The lowest BCUT2D eigenvalue weighted by molar-refractivity contribution is 1.07. The van der Waals surface area contributed by atoms with Crippen LogP contribution in [0.4, 0.5) is 5.69 Å². The molecule has 1 aromatic carbocycles. The van der Waals surface area contributed by atoms with Gasteiger partial charge in [-0.3, -0.25) is 0 Å². The van der Waals surface area contributed by atoms with Crippen LogP contribution >= 0.6 is 23.8 Å². The number of aryl methyl sites for hydroxylation is 1. The Labute approximate surface area is 100 Å². The van der Waals surface area contributed by atoms with Crippen LogP contribution in [0, 0.1) is 6.92 Å². The first-order chi connectivity index (χ1) is 7.06. The lowest BCUT2D eigenvalue weighted by Gasteiger charge is -2.11. The first kappa shape index (κ1) is 12.0. The molecule has 0 atom stereocenters. The zero-order valence-electron chi connectivity index (χ0n) is 8.51. The maximum atomic E-state index is 5.94. The van der Waals surface area contributed by atoms with E-state index >= 15 is 0 Å². The van der Waals surface area contributed by atoms with Gasteiger partial charge in [0.15, 0.2) is 0 Å². The SMILES string of the molecule is C=CCNC(=S)c1cc(Cl)cc(C)c1N.